The minimum Gasteiger partial charge on any atom is -0.493 e. The van der Waals surface area contributed by atoms with Crippen molar-refractivity contribution in [3.8, 4) is 5.75 Å². The van der Waals surface area contributed by atoms with Crippen LogP contribution >= 0.6 is 0 Å². The van der Waals surface area contributed by atoms with Gasteiger partial charge in [0.1, 0.15) is 17.4 Å². The molecule has 1 fully saturated rings. The molecule has 0 aliphatic carbocycles. The van der Waals surface area contributed by atoms with Gasteiger partial charge in [0.15, 0.2) is 6.29 Å². The van der Waals surface area contributed by atoms with Gasteiger partial charge in [-0.25, -0.2) is 8.78 Å². The number of aliphatic hydroxyl groups is 1. The van der Waals surface area contributed by atoms with E-state index >= 15 is 0 Å². The van der Waals surface area contributed by atoms with E-state index in [1.165, 1.54) is 0 Å². The van der Waals surface area contributed by atoms with E-state index in [1.807, 2.05) is 0 Å². The van der Waals surface area contributed by atoms with Crippen LogP contribution in [0.15, 0.2) is 12.1 Å². The Bertz CT molecular complexity index is 424. The Morgan fingerprint density at radius 2 is 1.95 bits per heavy atom. The molecule has 0 unspecified atom stereocenters. The molecule has 0 spiro atoms. The topological polar surface area (TPSA) is 47.9 Å². The Kier molecular flexibility index (Phi) is 6.35. The van der Waals surface area contributed by atoms with Gasteiger partial charge in [0, 0.05) is 30.7 Å². The summed E-state index contributed by atoms with van der Waals surface area (Å²) in [5.74, 6) is -1.50. The third-order valence-corrected chi connectivity index (χ3v) is 3.27. The zero-order valence-corrected chi connectivity index (χ0v) is 11.8. The number of ether oxygens (including phenoxy) is 3. The molecule has 6 heteroatoms. The minimum atomic E-state index is -0.806. The van der Waals surface area contributed by atoms with Crippen LogP contribution in [-0.4, -0.2) is 31.2 Å². The van der Waals surface area contributed by atoms with Crippen molar-refractivity contribution in [2.24, 2.45) is 0 Å². The van der Waals surface area contributed by atoms with Crippen LogP contribution in [-0.2, 0) is 16.1 Å². The van der Waals surface area contributed by atoms with E-state index < -0.39 is 18.2 Å². The normalized spacial score (nSPS) is 18.7. The van der Waals surface area contributed by atoms with Crippen LogP contribution in [0.25, 0.3) is 0 Å². The van der Waals surface area contributed by atoms with Crippen molar-refractivity contribution in [2.45, 2.75) is 38.6 Å². The zero-order valence-electron chi connectivity index (χ0n) is 11.8. The summed E-state index contributed by atoms with van der Waals surface area (Å²) in [7, 11) is 0. The van der Waals surface area contributed by atoms with Crippen molar-refractivity contribution in [2.75, 3.05) is 19.8 Å². The summed E-state index contributed by atoms with van der Waals surface area (Å²) in [6.45, 7) is 0.832. The van der Waals surface area contributed by atoms with Crippen molar-refractivity contribution < 1.29 is 28.1 Å². The van der Waals surface area contributed by atoms with Crippen molar-refractivity contribution in [3.05, 3.63) is 29.3 Å². The van der Waals surface area contributed by atoms with Gasteiger partial charge in [-0.3, -0.25) is 0 Å². The van der Waals surface area contributed by atoms with Gasteiger partial charge in [-0.15, -0.1) is 0 Å². The maximum absolute atomic E-state index is 13.4. The highest BCUT2D eigenvalue weighted by atomic mass is 19.1. The Hall–Kier alpha value is -1.24. The lowest BCUT2D eigenvalue weighted by molar-refractivity contribution is -0.163. The number of hydrogen-bond acceptors (Lipinski definition) is 4. The van der Waals surface area contributed by atoms with Crippen LogP contribution in [0.3, 0.4) is 0 Å². The predicted molar refractivity (Wildman–Crippen MR) is 71.9 cm³/mol. The molecule has 118 valence electrons. The molecule has 1 aliphatic rings. The van der Waals surface area contributed by atoms with Gasteiger partial charge in [0.2, 0.25) is 0 Å². The van der Waals surface area contributed by atoms with Crippen molar-refractivity contribution in [3.63, 3.8) is 0 Å². The third-order valence-electron chi connectivity index (χ3n) is 3.27. The van der Waals surface area contributed by atoms with Gasteiger partial charge >= 0.3 is 0 Å². The van der Waals surface area contributed by atoms with E-state index in [-0.39, 0.29) is 17.6 Å². The molecule has 0 amide bonds. The molecule has 21 heavy (non-hydrogen) atoms. The molecule has 0 saturated carbocycles. The van der Waals surface area contributed by atoms with Crippen LogP contribution in [0.2, 0.25) is 0 Å². The van der Waals surface area contributed by atoms with Gasteiger partial charge in [-0.05, 0) is 19.3 Å². The highest BCUT2D eigenvalue weighted by molar-refractivity contribution is 5.30. The number of rotatable bonds is 7. The third kappa shape index (κ3) is 4.91. The van der Waals surface area contributed by atoms with E-state index in [2.05, 4.69) is 0 Å². The molecule has 1 heterocycles. The Morgan fingerprint density at radius 3 is 2.57 bits per heavy atom. The monoisotopic (exact) mass is 302 g/mol. The molecule has 1 saturated heterocycles. The second-order valence-electron chi connectivity index (χ2n) is 4.89. The fraction of sp³-hybridized carbons (Fsp3) is 0.600. The fourth-order valence-electron chi connectivity index (χ4n) is 2.12. The highest BCUT2D eigenvalue weighted by Crippen LogP contribution is 2.21. The first-order valence-corrected chi connectivity index (χ1v) is 7.15. The number of hydrogen-bond donors (Lipinski definition) is 1. The number of aliphatic hydroxyl groups excluding tert-OH is 1. The Labute approximate surface area is 122 Å². The summed E-state index contributed by atoms with van der Waals surface area (Å²) in [6.07, 6.45) is 3.54. The second kappa shape index (κ2) is 8.26. The Balaban J connectivity index is 1.68. The van der Waals surface area contributed by atoms with Gasteiger partial charge in [0.25, 0.3) is 0 Å². The van der Waals surface area contributed by atoms with Crippen molar-refractivity contribution >= 4 is 0 Å². The van der Waals surface area contributed by atoms with E-state index in [4.69, 9.17) is 19.3 Å². The maximum Gasteiger partial charge on any atom is 0.157 e. The molecular weight excluding hydrogens is 282 g/mol. The average molecular weight is 302 g/mol. The molecule has 1 aromatic rings. The quantitative estimate of drug-likeness (QED) is 0.787. The first kappa shape index (κ1) is 16.1. The first-order valence-electron chi connectivity index (χ1n) is 7.15. The predicted octanol–water partition coefficient (Wildman–Crippen LogP) is 2.77. The molecule has 1 aliphatic heterocycles. The van der Waals surface area contributed by atoms with Crippen LogP contribution in [0.5, 0.6) is 5.75 Å². The summed E-state index contributed by atoms with van der Waals surface area (Å²) in [6, 6.07) is 2.14. The molecular formula is C15H20F2O4. The Morgan fingerprint density at radius 1 is 1.19 bits per heavy atom. The fourth-order valence-corrected chi connectivity index (χ4v) is 2.12. The molecule has 0 bridgehead atoms. The summed E-state index contributed by atoms with van der Waals surface area (Å²) in [5, 5.41) is 8.81. The largest absolute Gasteiger partial charge is 0.493 e. The van der Waals surface area contributed by atoms with Gasteiger partial charge < -0.3 is 19.3 Å². The standard InChI is InChI=1S/C15H20F2O4/c16-13-8-11(9-14(17)12(13)10-18)19-6-3-7-21-15-4-1-2-5-20-15/h8-9,15,18H,1-7,10H2/t15-/m1/s1. The molecule has 0 aromatic heterocycles. The van der Waals surface area contributed by atoms with Crippen LogP contribution in [0.4, 0.5) is 8.78 Å². The molecule has 4 nitrogen and oxygen atoms in total. The van der Waals surface area contributed by atoms with Gasteiger partial charge in [0.05, 0.1) is 19.8 Å². The highest BCUT2D eigenvalue weighted by Gasteiger charge is 2.14. The summed E-state index contributed by atoms with van der Waals surface area (Å²) >= 11 is 0. The smallest absolute Gasteiger partial charge is 0.157 e. The van der Waals surface area contributed by atoms with Crippen LogP contribution < -0.4 is 4.74 Å². The molecule has 1 atom stereocenters. The van der Waals surface area contributed by atoms with Crippen molar-refractivity contribution in [1.29, 1.82) is 0 Å². The lowest BCUT2D eigenvalue weighted by Crippen LogP contribution is -2.23. The van der Waals surface area contributed by atoms with Gasteiger partial charge in [-0.2, -0.15) is 0 Å². The molecule has 1 aromatic carbocycles. The maximum atomic E-state index is 13.4. The first-order chi connectivity index (χ1) is 10.2. The summed E-state index contributed by atoms with van der Waals surface area (Å²) in [4.78, 5) is 0. The minimum absolute atomic E-state index is 0.108. The molecule has 2 rings (SSSR count). The zero-order chi connectivity index (χ0) is 15.1. The number of halogens is 2. The number of benzene rings is 1. The lowest BCUT2D eigenvalue weighted by atomic mass is 10.2. The summed E-state index contributed by atoms with van der Waals surface area (Å²) in [5.41, 5.74) is -0.347. The van der Waals surface area contributed by atoms with E-state index in [0.29, 0.717) is 19.6 Å². The van der Waals surface area contributed by atoms with E-state index in [1.54, 1.807) is 0 Å². The van der Waals surface area contributed by atoms with Crippen LogP contribution in [0.1, 0.15) is 31.2 Å². The second-order valence-corrected chi connectivity index (χ2v) is 4.89. The van der Waals surface area contributed by atoms with Crippen LogP contribution in [0, 0.1) is 11.6 Å². The average Bonchev–Trinajstić information content (AvgIpc) is 2.48. The molecule has 1 N–H and O–H groups in total. The van der Waals surface area contributed by atoms with E-state index in [9.17, 15) is 8.78 Å². The van der Waals surface area contributed by atoms with E-state index in [0.717, 1.165) is 38.0 Å². The van der Waals surface area contributed by atoms with Crippen molar-refractivity contribution in [1.82, 2.24) is 0 Å². The SMILES string of the molecule is OCc1c(F)cc(OCCCO[C@@H]2CCCCO2)cc1F. The van der Waals surface area contributed by atoms with Gasteiger partial charge in [-0.1, -0.05) is 0 Å². The lowest BCUT2D eigenvalue weighted by Gasteiger charge is -2.22. The summed E-state index contributed by atoms with van der Waals surface area (Å²) < 4.78 is 43.0. The molecule has 0 radical (unpaired) electrons.